The van der Waals surface area contributed by atoms with E-state index < -0.39 is 17.3 Å². The van der Waals surface area contributed by atoms with Crippen LogP contribution in [0, 0.1) is 34.0 Å². The number of carbonyl (C=O) groups is 1. The number of carbonyl (C=O) groups excluding carboxylic acids is 1. The van der Waals surface area contributed by atoms with Gasteiger partial charge in [0, 0.05) is 23.8 Å². The minimum absolute atomic E-state index is 0.0238. The van der Waals surface area contributed by atoms with Crippen LogP contribution in [0.15, 0.2) is 66.2 Å². The Morgan fingerprint density at radius 3 is 2.15 bits per heavy atom. The zero-order chi connectivity index (χ0) is 18.6. The SMILES string of the molecule is CC[C@@H]1/C(=C\c2ccccc2)C(=O)C[C@@H](c2ccccc2)C1(C#N)C#N. The Morgan fingerprint density at radius 1 is 1.04 bits per heavy atom. The van der Waals surface area contributed by atoms with Crippen molar-refractivity contribution in [1.82, 2.24) is 0 Å². The average Bonchev–Trinajstić information content (AvgIpc) is 2.70. The number of hydrogen-bond donors (Lipinski definition) is 0. The third kappa shape index (κ3) is 2.93. The summed E-state index contributed by atoms with van der Waals surface area (Å²) in [6.07, 6.45) is 2.59. The van der Waals surface area contributed by atoms with E-state index in [1.165, 1.54) is 0 Å². The molecule has 0 bridgehead atoms. The molecule has 0 spiro atoms. The van der Waals surface area contributed by atoms with Crippen LogP contribution in [-0.2, 0) is 4.79 Å². The summed E-state index contributed by atoms with van der Waals surface area (Å²) in [6, 6.07) is 23.7. The van der Waals surface area contributed by atoms with Crippen LogP contribution in [0.3, 0.4) is 0 Å². The first-order valence-electron chi connectivity index (χ1n) is 8.83. The van der Waals surface area contributed by atoms with Crippen LogP contribution in [0.4, 0.5) is 0 Å². The minimum Gasteiger partial charge on any atom is -0.295 e. The van der Waals surface area contributed by atoms with Gasteiger partial charge in [-0.1, -0.05) is 67.6 Å². The lowest BCUT2D eigenvalue weighted by molar-refractivity contribution is -0.118. The summed E-state index contributed by atoms with van der Waals surface area (Å²) in [6.45, 7) is 1.94. The molecule has 2 aromatic carbocycles. The predicted molar refractivity (Wildman–Crippen MR) is 101 cm³/mol. The van der Waals surface area contributed by atoms with Crippen LogP contribution in [0.25, 0.3) is 6.08 Å². The Bertz CT molecular complexity index is 887. The molecule has 0 unspecified atom stereocenters. The molecule has 2 atom stereocenters. The first kappa shape index (κ1) is 17.6. The summed E-state index contributed by atoms with van der Waals surface area (Å²) < 4.78 is 0. The topological polar surface area (TPSA) is 64.7 Å². The highest BCUT2D eigenvalue weighted by Crippen LogP contribution is 2.52. The molecule has 128 valence electrons. The van der Waals surface area contributed by atoms with Crippen LogP contribution >= 0.6 is 0 Å². The molecule has 1 saturated carbocycles. The number of allylic oxidation sites excluding steroid dienone is 1. The van der Waals surface area contributed by atoms with Gasteiger partial charge in [-0.25, -0.2) is 0 Å². The smallest absolute Gasteiger partial charge is 0.159 e. The fraction of sp³-hybridized carbons (Fsp3) is 0.261. The van der Waals surface area contributed by atoms with Gasteiger partial charge in [-0.2, -0.15) is 10.5 Å². The van der Waals surface area contributed by atoms with E-state index in [-0.39, 0.29) is 12.2 Å². The van der Waals surface area contributed by atoms with Crippen molar-refractivity contribution in [2.45, 2.75) is 25.7 Å². The van der Waals surface area contributed by atoms with Gasteiger partial charge in [0.1, 0.15) is 0 Å². The van der Waals surface area contributed by atoms with Crippen LogP contribution in [0.2, 0.25) is 0 Å². The zero-order valence-corrected chi connectivity index (χ0v) is 14.7. The molecular weight excluding hydrogens is 320 g/mol. The first-order valence-corrected chi connectivity index (χ1v) is 8.83. The summed E-state index contributed by atoms with van der Waals surface area (Å²) in [7, 11) is 0. The largest absolute Gasteiger partial charge is 0.295 e. The molecule has 3 heteroatoms. The molecule has 2 aromatic rings. The number of nitriles is 2. The molecule has 0 saturated heterocycles. The highest BCUT2D eigenvalue weighted by molar-refractivity contribution is 6.02. The van der Waals surface area contributed by atoms with Crippen molar-refractivity contribution in [3.8, 4) is 12.1 Å². The quantitative estimate of drug-likeness (QED) is 0.748. The lowest BCUT2D eigenvalue weighted by Gasteiger charge is -2.41. The van der Waals surface area contributed by atoms with Crippen molar-refractivity contribution in [3.05, 3.63) is 77.4 Å². The van der Waals surface area contributed by atoms with E-state index in [0.29, 0.717) is 12.0 Å². The maximum atomic E-state index is 13.0. The molecule has 0 amide bonds. The molecule has 1 fully saturated rings. The van der Waals surface area contributed by atoms with Crippen molar-refractivity contribution in [1.29, 1.82) is 10.5 Å². The maximum absolute atomic E-state index is 13.0. The van der Waals surface area contributed by atoms with Gasteiger partial charge in [0.15, 0.2) is 11.2 Å². The van der Waals surface area contributed by atoms with E-state index in [9.17, 15) is 15.3 Å². The number of benzene rings is 2. The maximum Gasteiger partial charge on any atom is 0.159 e. The summed E-state index contributed by atoms with van der Waals surface area (Å²) in [4.78, 5) is 13.0. The Hall–Kier alpha value is -3.17. The van der Waals surface area contributed by atoms with Gasteiger partial charge in [0.05, 0.1) is 12.1 Å². The van der Waals surface area contributed by atoms with Crippen molar-refractivity contribution < 1.29 is 4.79 Å². The van der Waals surface area contributed by atoms with Crippen molar-refractivity contribution in [2.75, 3.05) is 0 Å². The highest BCUT2D eigenvalue weighted by atomic mass is 16.1. The Kier molecular flexibility index (Phi) is 5.01. The van der Waals surface area contributed by atoms with E-state index in [0.717, 1.165) is 11.1 Å². The van der Waals surface area contributed by atoms with E-state index in [4.69, 9.17) is 0 Å². The number of ketones is 1. The van der Waals surface area contributed by atoms with Gasteiger partial charge < -0.3 is 0 Å². The molecule has 0 N–H and O–H groups in total. The molecule has 1 aliphatic carbocycles. The monoisotopic (exact) mass is 340 g/mol. The minimum atomic E-state index is -1.25. The number of rotatable bonds is 3. The van der Waals surface area contributed by atoms with Crippen LogP contribution < -0.4 is 0 Å². The normalized spacial score (nSPS) is 23.2. The summed E-state index contributed by atoms with van der Waals surface area (Å²) in [5.41, 5.74) is 1.14. The highest BCUT2D eigenvalue weighted by Gasteiger charge is 2.53. The van der Waals surface area contributed by atoms with E-state index >= 15 is 0 Å². The average molecular weight is 340 g/mol. The Labute approximate surface area is 154 Å². The van der Waals surface area contributed by atoms with Crippen molar-refractivity contribution in [2.24, 2.45) is 11.3 Å². The van der Waals surface area contributed by atoms with Crippen LogP contribution in [-0.4, -0.2) is 5.78 Å². The molecule has 3 rings (SSSR count). The number of Topliss-reactive ketones (excluding diaryl/α,β-unsaturated/α-hetero) is 1. The van der Waals surface area contributed by atoms with Gasteiger partial charge in [-0.05, 0) is 23.6 Å². The van der Waals surface area contributed by atoms with Gasteiger partial charge >= 0.3 is 0 Å². The number of hydrogen-bond acceptors (Lipinski definition) is 3. The molecule has 0 radical (unpaired) electrons. The van der Waals surface area contributed by atoms with Crippen molar-refractivity contribution in [3.63, 3.8) is 0 Å². The Morgan fingerprint density at radius 2 is 1.62 bits per heavy atom. The summed E-state index contributed by atoms with van der Waals surface area (Å²) >= 11 is 0. The van der Waals surface area contributed by atoms with Crippen LogP contribution in [0.5, 0.6) is 0 Å². The lowest BCUT2D eigenvalue weighted by Crippen LogP contribution is -2.42. The Balaban J connectivity index is 2.14. The van der Waals surface area contributed by atoms with Gasteiger partial charge in [-0.15, -0.1) is 0 Å². The van der Waals surface area contributed by atoms with E-state index in [1.807, 2.05) is 73.7 Å². The second kappa shape index (κ2) is 7.38. The second-order valence-corrected chi connectivity index (χ2v) is 6.65. The van der Waals surface area contributed by atoms with Gasteiger partial charge in [0.25, 0.3) is 0 Å². The first-order chi connectivity index (χ1) is 12.7. The standard InChI is InChI=1S/C23H20N2O/c1-2-20-19(13-17-9-5-3-6-10-17)22(26)14-21(23(20,15-24)16-25)18-11-7-4-8-12-18/h3-13,20-21H,2,14H2,1H3/b19-13+/t20-,21+/m1/s1. The summed E-state index contributed by atoms with van der Waals surface area (Å²) in [5.74, 6) is -0.802. The van der Waals surface area contributed by atoms with Gasteiger partial charge in [0.2, 0.25) is 0 Å². The second-order valence-electron chi connectivity index (χ2n) is 6.65. The zero-order valence-electron chi connectivity index (χ0n) is 14.7. The van der Waals surface area contributed by atoms with Crippen molar-refractivity contribution >= 4 is 11.9 Å². The molecular formula is C23H20N2O. The number of nitrogens with zero attached hydrogens (tertiary/aromatic N) is 2. The summed E-state index contributed by atoms with van der Waals surface area (Å²) in [5, 5.41) is 20.1. The third-order valence-electron chi connectivity index (χ3n) is 5.29. The molecule has 0 aliphatic heterocycles. The van der Waals surface area contributed by atoms with Gasteiger partial charge in [-0.3, -0.25) is 4.79 Å². The van der Waals surface area contributed by atoms with E-state index in [1.54, 1.807) is 0 Å². The molecule has 0 aromatic heterocycles. The third-order valence-corrected chi connectivity index (χ3v) is 5.29. The fourth-order valence-electron chi connectivity index (χ4n) is 4.00. The molecule has 26 heavy (non-hydrogen) atoms. The lowest BCUT2D eigenvalue weighted by atomic mass is 9.56. The molecule has 3 nitrogen and oxygen atoms in total. The molecule has 0 heterocycles. The fourth-order valence-corrected chi connectivity index (χ4v) is 4.00. The predicted octanol–water partition coefficient (Wildman–Crippen LogP) is 4.89. The van der Waals surface area contributed by atoms with E-state index in [2.05, 4.69) is 12.1 Å². The van der Waals surface area contributed by atoms with Crippen LogP contribution in [0.1, 0.15) is 36.8 Å². The molecule has 1 aliphatic rings.